The fraction of sp³-hybridized carbons (Fsp3) is 0.692. The first-order valence-electron chi connectivity index (χ1n) is 11.5. The highest BCUT2D eigenvalue weighted by Gasteiger charge is 2.47. The second kappa shape index (κ2) is 9.00. The lowest BCUT2D eigenvalue weighted by Gasteiger charge is -2.49. The van der Waals surface area contributed by atoms with Gasteiger partial charge >= 0.3 is 0 Å². The Balaban J connectivity index is 1.89. The molecular formula is C26H39NO2. The van der Waals surface area contributed by atoms with E-state index in [4.69, 9.17) is 11.2 Å². The van der Waals surface area contributed by atoms with E-state index in [1.165, 1.54) is 31.2 Å². The maximum Gasteiger partial charge on any atom is 0.127 e. The van der Waals surface area contributed by atoms with Crippen molar-refractivity contribution in [2.75, 3.05) is 19.6 Å². The highest BCUT2D eigenvalue weighted by molar-refractivity contribution is 5.53. The van der Waals surface area contributed by atoms with Gasteiger partial charge in [-0.15, -0.1) is 6.42 Å². The maximum absolute atomic E-state index is 11.1. The Kier molecular flexibility index (Phi) is 6.84. The van der Waals surface area contributed by atoms with Crippen LogP contribution >= 0.6 is 0 Å². The first kappa shape index (κ1) is 22.0. The molecule has 0 aromatic heterocycles. The summed E-state index contributed by atoms with van der Waals surface area (Å²) in [7, 11) is 0. The van der Waals surface area contributed by atoms with Crippen LogP contribution in [0.4, 0.5) is 0 Å². The Morgan fingerprint density at radius 3 is 2.76 bits per heavy atom. The summed E-state index contributed by atoms with van der Waals surface area (Å²) >= 11 is 0. The zero-order valence-electron chi connectivity index (χ0n) is 19.0. The summed E-state index contributed by atoms with van der Waals surface area (Å²) in [5, 5.41) is 11.1. The maximum atomic E-state index is 11.1. The molecule has 0 radical (unpaired) electrons. The van der Waals surface area contributed by atoms with Crippen LogP contribution in [0, 0.1) is 24.2 Å². The SMILES string of the molecule is C#CCN1CCC2C(C1)c1c(O)cc(C(C)C(C)CCCCC)cc1OC2(C)C. The van der Waals surface area contributed by atoms with Gasteiger partial charge in [0.25, 0.3) is 0 Å². The monoisotopic (exact) mass is 397 g/mol. The zero-order valence-corrected chi connectivity index (χ0v) is 19.0. The molecule has 3 rings (SSSR count). The fourth-order valence-corrected chi connectivity index (χ4v) is 5.42. The number of terminal acetylenes is 1. The van der Waals surface area contributed by atoms with Crippen LogP contribution in [-0.4, -0.2) is 35.2 Å². The van der Waals surface area contributed by atoms with Crippen LogP contribution in [-0.2, 0) is 0 Å². The van der Waals surface area contributed by atoms with Crippen LogP contribution in [0.1, 0.15) is 89.7 Å². The Morgan fingerprint density at radius 2 is 2.07 bits per heavy atom. The van der Waals surface area contributed by atoms with Crippen LogP contribution in [0.5, 0.6) is 11.5 Å². The summed E-state index contributed by atoms with van der Waals surface area (Å²) in [5.74, 6) is 5.71. The Labute approximate surface area is 177 Å². The van der Waals surface area contributed by atoms with E-state index < -0.39 is 0 Å². The van der Waals surface area contributed by atoms with E-state index in [1.807, 2.05) is 6.07 Å². The first-order valence-corrected chi connectivity index (χ1v) is 11.5. The molecule has 0 spiro atoms. The molecular weight excluding hydrogens is 358 g/mol. The molecule has 2 aliphatic heterocycles. The lowest BCUT2D eigenvalue weighted by atomic mass is 9.69. The zero-order chi connectivity index (χ0) is 21.2. The third-order valence-electron chi connectivity index (χ3n) is 7.43. The van der Waals surface area contributed by atoms with Crippen LogP contribution < -0.4 is 4.74 Å². The van der Waals surface area contributed by atoms with Gasteiger partial charge in [-0.1, -0.05) is 52.4 Å². The number of hydrogen-bond acceptors (Lipinski definition) is 3. The summed E-state index contributed by atoms with van der Waals surface area (Å²) in [6, 6.07) is 4.20. The van der Waals surface area contributed by atoms with Gasteiger partial charge in [0.05, 0.1) is 6.54 Å². The van der Waals surface area contributed by atoms with Gasteiger partial charge in [-0.25, -0.2) is 0 Å². The lowest BCUT2D eigenvalue weighted by molar-refractivity contribution is -0.0222. The molecule has 0 saturated carbocycles. The molecule has 29 heavy (non-hydrogen) atoms. The van der Waals surface area contributed by atoms with Crippen LogP contribution in [0.25, 0.3) is 0 Å². The number of hydrogen-bond donors (Lipinski definition) is 1. The standard InChI is InChI=1S/C26H39NO2/c1-7-9-10-11-18(3)19(4)20-15-23(28)25-21-17-27(13-8-2)14-12-22(21)26(5,6)29-24(25)16-20/h2,15-16,18-19,21-22,28H,7,9-14,17H2,1,3-6H3. The van der Waals surface area contributed by atoms with Gasteiger partial charge in [0.2, 0.25) is 0 Å². The van der Waals surface area contributed by atoms with Gasteiger partial charge in [-0.3, -0.25) is 4.90 Å². The second-order valence-electron chi connectivity index (χ2n) is 9.86. The summed E-state index contributed by atoms with van der Waals surface area (Å²) in [5.41, 5.74) is 1.95. The number of benzene rings is 1. The van der Waals surface area contributed by atoms with Gasteiger partial charge in [0, 0.05) is 23.9 Å². The number of fused-ring (bicyclic) bond motifs is 3. The molecule has 3 nitrogen and oxygen atoms in total. The number of rotatable bonds is 7. The molecule has 2 heterocycles. The third-order valence-corrected chi connectivity index (χ3v) is 7.43. The molecule has 1 saturated heterocycles. The second-order valence-corrected chi connectivity index (χ2v) is 9.86. The molecule has 160 valence electrons. The largest absolute Gasteiger partial charge is 0.508 e. The van der Waals surface area contributed by atoms with Crippen molar-refractivity contribution < 1.29 is 9.84 Å². The van der Waals surface area contributed by atoms with Gasteiger partial charge in [-0.05, 0) is 56.3 Å². The number of phenolic OH excluding ortho intramolecular Hbond substituents is 1. The fourth-order valence-electron chi connectivity index (χ4n) is 5.42. The van der Waals surface area contributed by atoms with Gasteiger partial charge in [-0.2, -0.15) is 0 Å². The topological polar surface area (TPSA) is 32.7 Å². The Bertz CT molecular complexity index is 748. The van der Waals surface area contributed by atoms with Gasteiger partial charge in [0.1, 0.15) is 17.1 Å². The molecule has 4 atom stereocenters. The quantitative estimate of drug-likeness (QED) is 0.458. The molecule has 3 heteroatoms. The lowest BCUT2D eigenvalue weighted by Crippen LogP contribution is -2.52. The van der Waals surface area contributed by atoms with Crippen molar-refractivity contribution in [1.82, 2.24) is 4.90 Å². The van der Waals surface area contributed by atoms with Crippen LogP contribution in [0.2, 0.25) is 0 Å². The molecule has 1 N–H and O–H groups in total. The summed E-state index contributed by atoms with van der Waals surface area (Å²) < 4.78 is 6.52. The van der Waals surface area contributed by atoms with E-state index in [-0.39, 0.29) is 11.5 Å². The van der Waals surface area contributed by atoms with Crippen molar-refractivity contribution in [2.45, 2.75) is 84.2 Å². The Morgan fingerprint density at radius 1 is 1.31 bits per heavy atom. The highest BCUT2D eigenvalue weighted by atomic mass is 16.5. The van der Waals surface area contributed by atoms with Gasteiger partial charge < -0.3 is 9.84 Å². The molecule has 4 unspecified atom stereocenters. The third kappa shape index (κ3) is 4.58. The number of piperidine rings is 1. The van der Waals surface area contributed by atoms with Crippen molar-refractivity contribution in [3.05, 3.63) is 23.3 Å². The van der Waals surface area contributed by atoms with E-state index in [0.29, 0.717) is 30.0 Å². The average molecular weight is 398 g/mol. The number of aromatic hydroxyl groups is 1. The summed E-state index contributed by atoms with van der Waals surface area (Å²) in [6.07, 6.45) is 11.7. The summed E-state index contributed by atoms with van der Waals surface area (Å²) in [6.45, 7) is 13.8. The highest BCUT2D eigenvalue weighted by Crippen LogP contribution is 2.52. The van der Waals surface area contributed by atoms with Crippen molar-refractivity contribution in [1.29, 1.82) is 0 Å². The van der Waals surface area contributed by atoms with Crippen molar-refractivity contribution >= 4 is 0 Å². The number of ether oxygens (including phenoxy) is 1. The number of nitrogens with zero attached hydrogens (tertiary/aromatic N) is 1. The minimum absolute atomic E-state index is 0.235. The van der Waals surface area contributed by atoms with Crippen molar-refractivity contribution in [2.24, 2.45) is 11.8 Å². The first-order chi connectivity index (χ1) is 13.8. The van der Waals surface area contributed by atoms with Gasteiger partial charge in [0.15, 0.2) is 0 Å². The molecule has 0 aliphatic carbocycles. The van der Waals surface area contributed by atoms with E-state index in [9.17, 15) is 5.11 Å². The normalized spacial score (nSPS) is 25.2. The van der Waals surface area contributed by atoms with E-state index in [1.54, 1.807) is 0 Å². The Hall–Kier alpha value is -1.66. The minimum Gasteiger partial charge on any atom is -0.508 e. The molecule has 1 fully saturated rings. The summed E-state index contributed by atoms with van der Waals surface area (Å²) in [4.78, 5) is 2.33. The number of likely N-dealkylation sites (tertiary alicyclic amines) is 1. The van der Waals surface area contributed by atoms with E-state index >= 15 is 0 Å². The van der Waals surface area contributed by atoms with E-state index in [2.05, 4.69) is 51.5 Å². The number of unbranched alkanes of at least 4 members (excludes halogenated alkanes) is 2. The van der Waals surface area contributed by atoms with Crippen LogP contribution in [0.3, 0.4) is 0 Å². The molecule has 0 bridgehead atoms. The average Bonchev–Trinajstić information content (AvgIpc) is 2.66. The van der Waals surface area contributed by atoms with Crippen molar-refractivity contribution in [3.8, 4) is 23.8 Å². The van der Waals surface area contributed by atoms with Crippen molar-refractivity contribution in [3.63, 3.8) is 0 Å². The predicted octanol–water partition coefficient (Wildman–Crippen LogP) is 5.92. The molecule has 1 aromatic carbocycles. The minimum atomic E-state index is -0.235. The molecule has 0 amide bonds. The molecule has 2 aliphatic rings. The smallest absolute Gasteiger partial charge is 0.127 e. The van der Waals surface area contributed by atoms with Crippen LogP contribution in [0.15, 0.2) is 12.1 Å². The van der Waals surface area contributed by atoms with E-state index in [0.717, 1.165) is 30.8 Å². The number of phenols is 1. The molecule has 1 aromatic rings. The predicted molar refractivity (Wildman–Crippen MR) is 121 cm³/mol.